The summed E-state index contributed by atoms with van der Waals surface area (Å²) in [5.41, 5.74) is 1.08. The quantitative estimate of drug-likeness (QED) is 0.691. The number of aryl methyl sites for hydroxylation is 1. The van der Waals surface area contributed by atoms with E-state index in [1.807, 2.05) is 17.8 Å². The largest absolute Gasteiger partial charge is 0.273 e. The van der Waals surface area contributed by atoms with Gasteiger partial charge in [-0.2, -0.15) is 10.4 Å². The van der Waals surface area contributed by atoms with Crippen molar-refractivity contribution in [3.63, 3.8) is 0 Å². The highest BCUT2D eigenvalue weighted by atomic mass is 35.5. The van der Waals surface area contributed by atoms with Crippen molar-refractivity contribution in [3.8, 4) is 6.07 Å². The minimum Gasteiger partial charge on any atom is -0.273 e. The molecule has 0 aliphatic rings. The van der Waals surface area contributed by atoms with E-state index in [9.17, 15) is 0 Å². The summed E-state index contributed by atoms with van der Waals surface area (Å²) in [6.07, 6.45) is 4.44. The highest BCUT2D eigenvalue weighted by molar-refractivity contribution is 6.18. The first kappa shape index (κ1) is 10.1. The Hall–Kier alpha value is -1.01. The predicted octanol–water partition coefficient (Wildman–Crippen LogP) is 1.82. The van der Waals surface area contributed by atoms with Gasteiger partial charge in [-0.25, -0.2) is 0 Å². The van der Waals surface area contributed by atoms with Crippen LogP contribution in [0.15, 0.2) is 12.4 Å². The van der Waals surface area contributed by atoms with Gasteiger partial charge in [-0.15, -0.1) is 11.6 Å². The molecule has 0 radical (unpaired) electrons. The first-order valence-corrected chi connectivity index (χ1v) is 4.80. The van der Waals surface area contributed by atoms with Crippen molar-refractivity contribution in [2.24, 2.45) is 5.92 Å². The van der Waals surface area contributed by atoms with Crippen LogP contribution in [0.25, 0.3) is 0 Å². The molecule has 0 saturated heterocycles. The Balaban J connectivity index is 2.58. The summed E-state index contributed by atoms with van der Waals surface area (Å²) in [4.78, 5) is 0. The molecule has 1 aromatic rings. The van der Waals surface area contributed by atoms with Gasteiger partial charge in [0.25, 0.3) is 0 Å². The lowest BCUT2D eigenvalue weighted by molar-refractivity contribution is 0.657. The van der Waals surface area contributed by atoms with Gasteiger partial charge in [-0.3, -0.25) is 4.68 Å². The van der Waals surface area contributed by atoms with Gasteiger partial charge in [0.05, 0.1) is 18.2 Å². The molecule has 0 spiro atoms. The van der Waals surface area contributed by atoms with Gasteiger partial charge in [-0.05, 0) is 18.9 Å². The number of nitriles is 1. The van der Waals surface area contributed by atoms with E-state index in [0.717, 1.165) is 12.1 Å². The molecular weight excluding hydrogens is 186 g/mol. The number of rotatable bonds is 4. The highest BCUT2D eigenvalue weighted by Crippen LogP contribution is 2.08. The van der Waals surface area contributed by atoms with Gasteiger partial charge >= 0.3 is 0 Å². The third kappa shape index (κ3) is 2.74. The molecule has 0 bridgehead atoms. The monoisotopic (exact) mass is 197 g/mol. The lowest BCUT2D eigenvalue weighted by Gasteiger charge is -2.00. The summed E-state index contributed by atoms with van der Waals surface area (Å²) in [6, 6.07) is 2.16. The summed E-state index contributed by atoms with van der Waals surface area (Å²) in [5, 5.41) is 12.8. The average Bonchev–Trinajstić information content (AvgIpc) is 2.61. The lowest BCUT2D eigenvalue weighted by atomic mass is 10.1. The van der Waals surface area contributed by atoms with Crippen LogP contribution < -0.4 is 0 Å². The maximum absolute atomic E-state index is 8.69. The Bertz CT molecular complexity index is 300. The van der Waals surface area contributed by atoms with Crippen LogP contribution in [0.2, 0.25) is 0 Å². The van der Waals surface area contributed by atoms with Crippen LogP contribution in [0.3, 0.4) is 0 Å². The summed E-state index contributed by atoms with van der Waals surface area (Å²) >= 11 is 5.61. The van der Waals surface area contributed by atoms with E-state index in [0.29, 0.717) is 12.3 Å². The lowest BCUT2D eigenvalue weighted by Crippen LogP contribution is -2.02. The van der Waals surface area contributed by atoms with E-state index < -0.39 is 0 Å². The van der Waals surface area contributed by atoms with Crippen molar-refractivity contribution >= 4 is 11.6 Å². The van der Waals surface area contributed by atoms with Crippen LogP contribution in [0.4, 0.5) is 0 Å². The second-order valence-corrected chi connectivity index (χ2v) is 3.20. The van der Waals surface area contributed by atoms with E-state index in [1.165, 1.54) is 0 Å². The van der Waals surface area contributed by atoms with Gasteiger partial charge in [0, 0.05) is 18.6 Å². The third-order valence-corrected chi connectivity index (χ3v) is 2.23. The Morgan fingerprint density at radius 1 is 1.77 bits per heavy atom. The molecule has 3 nitrogen and oxygen atoms in total. The Morgan fingerprint density at radius 2 is 2.54 bits per heavy atom. The van der Waals surface area contributed by atoms with Crippen LogP contribution >= 0.6 is 11.6 Å². The maximum Gasteiger partial charge on any atom is 0.0671 e. The van der Waals surface area contributed by atoms with E-state index in [2.05, 4.69) is 11.2 Å². The zero-order chi connectivity index (χ0) is 9.68. The molecular formula is C9H12ClN3. The molecule has 0 amide bonds. The number of aromatic nitrogens is 2. The van der Waals surface area contributed by atoms with Crippen molar-refractivity contribution in [2.75, 3.05) is 5.88 Å². The first-order valence-electron chi connectivity index (χ1n) is 4.27. The average molecular weight is 198 g/mol. The fraction of sp³-hybridized carbons (Fsp3) is 0.556. The second-order valence-electron chi connectivity index (χ2n) is 2.89. The number of halogens is 1. The van der Waals surface area contributed by atoms with Crippen LogP contribution in [0.1, 0.15) is 12.5 Å². The van der Waals surface area contributed by atoms with E-state index in [1.54, 1.807) is 6.20 Å². The predicted molar refractivity (Wildman–Crippen MR) is 51.4 cm³/mol. The topological polar surface area (TPSA) is 41.6 Å². The fourth-order valence-electron chi connectivity index (χ4n) is 1.10. The summed E-state index contributed by atoms with van der Waals surface area (Å²) in [6.45, 7) is 2.89. The minimum atomic E-state index is -0.101. The second kappa shape index (κ2) is 4.88. The van der Waals surface area contributed by atoms with Gasteiger partial charge in [0.15, 0.2) is 0 Å². The zero-order valence-corrected chi connectivity index (χ0v) is 8.33. The molecule has 1 rings (SSSR count). The molecule has 1 aromatic heterocycles. The molecule has 70 valence electrons. The Kier molecular flexibility index (Phi) is 3.78. The van der Waals surface area contributed by atoms with Crippen molar-refractivity contribution < 1.29 is 0 Å². The molecule has 0 aliphatic carbocycles. The molecule has 1 heterocycles. The molecule has 13 heavy (non-hydrogen) atoms. The van der Waals surface area contributed by atoms with Crippen molar-refractivity contribution in [3.05, 3.63) is 18.0 Å². The molecule has 0 aromatic carbocycles. The molecule has 1 unspecified atom stereocenters. The normalized spacial score (nSPS) is 12.4. The summed E-state index contributed by atoms with van der Waals surface area (Å²) in [5.74, 6) is 0.282. The Morgan fingerprint density at radius 3 is 3.00 bits per heavy atom. The van der Waals surface area contributed by atoms with E-state index >= 15 is 0 Å². The van der Waals surface area contributed by atoms with Gasteiger partial charge in [0.2, 0.25) is 0 Å². The van der Waals surface area contributed by atoms with Crippen LogP contribution in [0.5, 0.6) is 0 Å². The molecule has 0 N–H and O–H groups in total. The number of alkyl halides is 1. The van der Waals surface area contributed by atoms with E-state index in [4.69, 9.17) is 16.9 Å². The van der Waals surface area contributed by atoms with Crippen molar-refractivity contribution in [1.82, 2.24) is 9.78 Å². The molecule has 0 saturated carbocycles. The van der Waals surface area contributed by atoms with Crippen LogP contribution in [-0.2, 0) is 13.0 Å². The van der Waals surface area contributed by atoms with Crippen LogP contribution in [0, 0.1) is 17.2 Å². The van der Waals surface area contributed by atoms with Gasteiger partial charge in [0.1, 0.15) is 0 Å². The van der Waals surface area contributed by atoms with Crippen molar-refractivity contribution in [1.29, 1.82) is 5.26 Å². The van der Waals surface area contributed by atoms with Crippen LogP contribution in [-0.4, -0.2) is 15.7 Å². The SMILES string of the molecule is CCn1cc(CC(C#N)CCl)cn1. The maximum atomic E-state index is 8.69. The Labute approximate surface area is 82.9 Å². The molecule has 1 atom stereocenters. The fourth-order valence-corrected chi connectivity index (χ4v) is 1.28. The standard InChI is InChI=1S/C9H12ClN3/c1-2-13-7-9(6-12-13)3-8(4-10)5-11/h6-8H,2-4H2,1H3. The zero-order valence-electron chi connectivity index (χ0n) is 7.57. The summed E-state index contributed by atoms with van der Waals surface area (Å²) < 4.78 is 1.85. The number of hydrogen-bond donors (Lipinski definition) is 0. The smallest absolute Gasteiger partial charge is 0.0671 e. The molecule has 0 fully saturated rings. The van der Waals surface area contributed by atoms with Crippen molar-refractivity contribution in [2.45, 2.75) is 19.9 Å². The molecule has 0 aliphatic heterocycles. The number of nitrogens with zero attached hydrogens (tertiary/aromatic N) is 3. The number of hydrogen-bond acceptors (Lipinski definition) is 2. The first-order chi connectivity index (χ1) is 6.30. The highest BCUT2D eigenvalue weighted by Gasteiger charge is 2.07. The third-order valence-electron chi connectivity index (χ3n) is 1.86. The minimum absolute atomic E-state index is 0.101. The van der Waals surface area contributed by atoms with Gasteiger partial charge < -0.3 is 0 Å². The van der Waals surface area contributed by atoms with Gasteiger partial charge in [-0.1, -0.05) is 0 Å². The molecule has 4 heteroatoms. The van der Waals surface area contributed by atoms with E-state index in [-0.39, 0.29) is 5.92 Å². The summed E-state index contributed by atoms with van der Waals surface area (Å²) in [7, 11) is 0.